The molecule has 0 amide bonds. The minimum absolute atomic E-state index is 0.0433. The van der Waals surface area contributed by atoms with Crippen LogP contribution in [0.15, 0.2) is 39.9 Å². The summed E-state index contributed by atoms with van der Waals surface area (Å²) in [6.07, 6.45) is 3.63. The van der Waals surface area contributed by atoms with Crippen molar-refractivity contribution in [2.45, 2.75) is 26.3 Å². The van der Waals surface area contributed by atoms with Crippen molar-refractivity contribution in [1.82, 2.24) is 0 Å². The zero-order valence-electron chi connectivity index (χ0n) is 9.32. The Hall–Kier alpha value is -1.57. The minimum atomic E-state index is -0.0433. The Balaban J connectivity index is 2.41. The molecule has 2 aromatic rings. The van der Waals surface area contributed by atoms with E-state index in [0.717, 1.165) is 16.5 Å². The van der Waals surface area contributed by atoms with E-state index in [9.17, 15) is 0 Å². The molecule has 1 heterocycles. The number of aliphatic imine (C=N–C) groups is 1. The minimum Gasteiger partial charge on any atom is -0.464 e. The van der Waals surface area contributed by atoms with E-state index in [1.54, 1.807) is 6.26 Å². The van der Waals surface area contributed by atoms with Crippen molar-refractivity contribution in [3.8, 4) is 0 Å². The van der Waals surface area contributed by atoms with Crippen LogP contribution in [0.25, 0.3) is 11.0 Å². The van der Waals surface area contributed by atoms with Gasteiger partial charge in [0.05, 0.1) is 5.54 Å². The maximum absolute atomic E-state index is 5.42. The van der Waals surface area contributed by atoms with Gasteiger partial charge in [-0.25, -0.2) is 0 Å². The van der Waals surface area contributed by atoms with E-state index in [-0.39, 0.29) is 5.54 Å². The number of hydrogen-bond donors (Lipinski definition) is 0. The highest BCUT2D eigenvalue weighted by atomic mass is 16.3. The van der Waals surface area contributed by atoms with Crippen LogP contribution in [0.1, 0.15) is 26.3 Å². The first kappa shape index (κ1) is 9.97. The van der Waals surface area contributed by atoms with Gasteiger partial charge in [-0.15, -0.1) is 0 Å². The normalized spacial score (nSPS) is 12.7. The summed E-state index contributed by atoms with van der Waals surface area (Å²) in [7, 11) is 0. The van der Waals surface area contributed by atoms with Gasteiger partial charge >= 0.3 is 0 Å². The fourth-order valence-corrected chi connectivity index (χ4v) is 1.36. The summed E-state index contributed by atoms with van der Waals surface area (Å²) in [5, 5.41) is 1.12. The molecule has 0 fully saturated rings. The Labute approximate surface area is 89.6 Å². The molecule has 0 spiro atoms. The molecular formula is C13H15NO. The van der Waals surface area contributed by atoms with Crippen molar-refractivity contribution in [1.29, 1.82) is 0 Å². The van der Waals surface area contributed by atoms with Gasteiger partial charge in [0.15, 0.2) is 0 Å². The highest BCUT2D eigenvalue weighted by molar-refractivity contribution is 5.97. The van der Waals surface area contributed by atoms with Gasteiger partial charge in [0.2, 0.25) is 0 Å². The third kappa shape index (κ3) is 2.27. The molecule has 0 aliphatic carbocycles. The van der Waals surface area contributed by atoms with E-state index < -0.39 is 0 Å². The number of benzene rings is 1. The summed E-state index contributed by atoms with van der Waals surface area (Å²) in [6.45, 7) is 6.23. The monoisotopic (exact) mass is 201 g/mol. The second-order valence-corrected chi connectivity index (χ2v) is 4.62. The summed E-state index contributed by atoms with van der Waals surface area (Å²) in [5.41, 5.74) is 1.91. The van der Waals surface area contributed by atoms with Crippen molar-refractivity contribution < 1.29 is 4.42 Å². The fraction of sp³-hybridized carbons (Fsp3) is 0.308. The number of fused-ring (bicyclic) bond motifs is 1. The van der Waals surface area contributed by atoms with E-state index in [0.29, 0.717) is 0 Å². The van der Waals surface area contributed by atoms with Gasteiger partial charge in [0.1, 0.15) is 11.8 Å². The molecule has 2 nitrogen and oxygen atoms in total. The van der Waals surface area contributed by atoms with E-state index in [1.165, 1.54) is 0 Å². The zero-order valence-corrected chi connectivity index (χ0v) is 9.32. The lowest BCUT2D eigenvalue weighted by Crippen LogP contribution is -2.09. The van der Waals surface area contributed by atoms with Gasteiger partial charge in [0.25, 0.3) is 0 Å². The highest BCUT2D eigenvalue weighted by Gasteiger charge is 2.07. The Morgan fingerprint density at radius 3 is 2.67 bits per heavy atom. The number of rotatable bonds is 1. The Kier molecular flexibility index (Phi) is 2.35. The third-order valence-corrected chi connectivity index (χ3v) is 2.10. The SMILES string of the molecule is CC(C)(C)N=Cc1coc2ccccc12. The van der Waals surface area contributed by atoms with Crippen molar-refractivity contribution in [3.05, 3.63) is 36.1 Å². The van der Waals surface area contributed by atoms with E-state index >= 15 is 0 Å². The second kappa shape index (κ2) is 3.54. The van der Waals surface area contributed by atoms with Crippen LogP contribution in [0.4, 0.5) is 0 Å². The molecule has 0 unspecified atom stereocenters. The summed E-state index contributed by atoms with van der Waals surface area (Å²) in [6, 6.07) is 7.98. The molecule has 0 bridgehead atoms. The molecule has 1 aromatic heterocycles. The van der Waals surface area contributed by atoms with Crippen molar-refractivity contribution in [2.24, 2.45) is 4.99 Å². The van der Waals surface area contributed by atoms with Gasteiger partial charge in [0, 0.05) is 17.2 Å². The average Bonchev–Trinajstić information content (AvgIpc) is 2.57. The first-order chi connectivity index (χ1) is 7.06. The number of nitrogens with zero attached hydrogens (tertiary/aromatic N) is 1. The van der Waals surface area contributed by atoms with Crippen LogP contribution in [0.5, 0.6) is 0 Å². The summed E-state index contributed by atoms with van der Waals surface area (Å²) >= 11 is 0. The molecule has 2 heteroatoms. The van der Waals surface area contributed by atoms with Crippen LogP contribution in [-0.4, -0.2) is 11.8 Å². The first-order valence-electron chi connectivity index (χ1n) is 5.08. The predicted octanol–water partition coefficient (Wildman–Crippen LogP) is 3.65. The van der Waals surface area contributed by atoms with Crippen LogP contribution in [0.2, 0.25) is 0 Å². The molecule has 0 radical (unpaired) electrons. The largest absolute Gasteiger partial charge is 0.464 e. The lowest BCUT2D eigenvalue weighted by Gasteiger charge is -2.10. The zero-order chi connectivity index (χ0) is 10.9. The summed E-state index contributed by atoms with van der Waals surface area (Å²) in [4.78, 5) is 4.46. The maximum atomic E-state index is 5.42. The molecule has 1 aromatic carbocycles. The van der Waals surface area contributed by atoms with Crippen LogP contribution in [0.3, 0.4) is 0 Å². The number of hydrogen-bond acceptors (Lipinski definition) is 2. The Morgan fingerprint density at radius 1 is 1.20 bits per heavy atom. The number of para-hydroxylation sites is 1. The molecule has 0 aliphatic heterocycles. The van der Waals surface area contributed by atoms with Crippen LogP contribution < -0.4 is 0 Å². The van der Waals surface area contributed by atoms with E-state index in [1.807, 2.05) is 30.5 Å². The van der Waals surface area contributed by atoms with Gasteiger partial charge in [-0.2, -0.15) is 0 Å². The van der Waals surface area contributed by atoms with Crippen molar-refractivity contribution in [3.63, 3.8) is 0 Å². The molecular weight excluding hydrogens is 186 g/mol. The van der Waals surface area contributed by atoms with Gasteiger partial charge in [-0.3, -0.25) is 4.99 Å². The van der Waals surface area contributed by atoms with Gasteiger partial charge in [-0.1, -0.05) is 18.2 Å². The van der Waals surface area contributed by atoms with Crippen molar-refractivity contribution in [2.75, 3.05) is 0 Å². The average molecular weight is 201 g/mol. The summed E-state index contributed by atoms with van der Waals surface area (Å²) in [5.74, 6) is 0. The van der Waals surface area contributed by atoms with Crippen LogP contribution in [-0.2, 0) is 0 Å². The molecule has 15 heavy (non-hydrogen) atoms. The molecule has 0 aliphatic rings. The lowest BCUT2D eigenvalue weighted by atomic mass is 10.1. The maximum Gasteiger partial charge on any atom is 0.134 e. The molecule has 0 saturated heterocycles. The molecule has 0 atom stereocenters. The molecule has 2 rings (SSSR count). The topological polar surface area (TPSA) is 25.5 Å². The second-order valence-electron chi connectivity index (χ2n) is 4.62. The fourth-order valence-electron chi connectivity index (χ4n) is 1.36. The van der Waals surface area contributed by atoms with Crippen LogP contribution >= 0.6 is 0 Å². The smallest absolute Gasteiger partial charge is 0.134 e. The molecule has 0 saturated carbocycles. The van der Waals surface area contributed by atoms with Crippen molar-refractivity contribution >= 4 is 17.2 Å². The lowest BCUT2D eigenvalue weighted by molar-refractivity contribution is 0.586. The van der Waals surface area contributed by atoms with Gasteiger partial charge in [-0.05, 0) is 26.8 Å². The predicted molar refractivity (Wildman–Crippen MR) is 63.6 cm³/mol. The Bertz CT molecular complexity index is 488. The third-order valence-electron chi connectivity index (χ3n) is 2.10. The number of furan rings is 1. The first-order valence-corrected chi connectivity index (χ1v) is 5.08. The van der Waals surface area contributed by atoms with E-state index in [4.69, 9.17) is 4.42 Å². The molecule has 0 N–H and O–H groups in total. The van der Waals surface area contributed by atoms with Crippen LogP contribution in [0, 0.1) is 0 Å². The standard InChI is InChI=1S/C13H15NO/c1-13(2,3)14-8-10-9-15-12-7-5-4-6-11(10)12/h4-9H,1-3H3. The van der Waals surface area contributed by atoms with Gasteiger partial charge < -0.3 is 4.42 Å². The molecule has 78 valence electrons. The summed E-state index contributed by atoms with van der Waals surface area (Å²) < 4.78 is 5.42. The highest BCUT2D eigenvalue weighted by Crippen LogP contribution is 2.19. The quantitative estimate of drug-likeness (QED) is 0.646. The van der Waals surface area contributed by atoms with E-state index in [2.05, 4.69) is 25.8 Å². The Morgan fingerprint density at radius 2 is 1.93 bits per heavy atom.